The van der Waals surface area contributed by atoms with E-state index in [1.807, 2.05) is 0 Å². The third-order valence-corrected chi connectivity index (χ3v) is 2.77. The van der Waals surface area contributed by atoms with Crippen LogP contribution in [-0.2, 0) is 23.9 Å². The highest BCUT2D eigenvalue weighted by atomic mass is 16.6. The highest BCUT2D eigenvalue weighted by molar-refractivity contribution is 6.26. The molecule has 1 atom stereocenters. The molecular formula is C16H28N4O5. The molecule has 3 N–H and O–H groups in total. The van der Waals surface area contributed by atoms with Gasteiger partial charge in [-0.25, -0.2) is 4.79 Å². The molecule has 0 rings (SSSR count). The summed E-state index contributed by atoms with van der Waals surface area (Å²) in [6.07, 6.45) is 0.608. The van der Waals surface area contributed by atoms with E-state index in [0.29, 0.717) is 6.21 Å². The minimum Gasteiger partial charge on any atom is -0.458 e. The number of hydrogen-bond acceptors (Lipinski definition) is 7. The summed E-state index contributed by atoms with van der Waals surface area (Å²) in [5.74, 6) is -2.02. The first-order valence-corrected chi connectivity index (χ1v) is 7.91. The number of amides is 2. The zero-order valence-corrected chi connectivity index (χ0v) is 15.5. The summed E-state index contributed by atoms with van der Waals surface area (Å²) in [7, 11) is 3.44. The Morgan fingerprint density at radius 2 is 1.76 bits per heavy atom. The molecule has 0 aliphatic rings. The first-order chi connectivity index (χ1) is 11.4. The molecule has 9 heteroatoms. The van der Waals surface area contributed by atoms with Gasteiger partial charge in [0.1, 0.15) is 11.6 Å². The molecule has 0 fully saturated rings. The molecule has 142 valence electrons. The van der Waals surface area contributed by atoms with Crippen LogP contribution in [0, 0.1) is 5.41 Å². The van der Waals surface area contributed by atoms with Crippen molar-refractivity contribution in [1.82, 2.24) is 15.5 Å². The molecule has 0 aliphatic carbocycles. The van der Waals surface area contributed by atoms with Gasteiger partial charge in [0.2, 0.25) is 11.8 Å². The van der Waals surface area contributed by atoms with Gasteiger partial charge in [-0.3, -0.25) is 14.4 Å². The van der Waals surface area contributed by atoms with Gasteiger partial charge in [-0.15, -0.1) is 0 Å². The van der Waals surface area contributed by atoms with Gasteiger partial charge >= 0.3 is 5.97 Å². The predicted molar refractivity (Wildman–Crippen MR) is 92.4 cm³/mol. The molecule has 0 aromatic rings. The van der Waals surface area contributed by atoms with Crippen LogP contribution in [0.4, 0.5) is 0 Å². The number of ether oxygens (including phenoxy) is 1. The molecule has 0 aliphatic heterocycles. The molecule has 2 amide bonds. The zero-order valence-electron chi connectivity index (χ0n) is 15.5. The van der Waals surface area contributed by atoms with Crippen molar-refractivity contribution in [2.45, 2.75) is 45.3 Å². The third-order valence-electron chi connectivity index (χ3n) is 2.77. The minimum absolute atomic E-state index is 0.0144. The van der Waals surface area contributed by atoms with E-state index < -0.39 is 29.3 Å². The fraction of sp³-hybridized carbons (Fsp3) is 0.688. The van der Waals surface area contributed by atoms with Gasteiger partial charge in [-0.1, -0.05) is 0 Å². The summed E-state index contributed by atoms with van der Waals surface area (Å²) in [5, 5.41) is 11.8. The van der Waals surface area contributed by atoms with Gasteiger partial charge in [0.25, 0.3) is 0 Å². The van der Waals surface area contributed by atoms with Crippen LogP contribution in [0.1, 0.15) is 33.6 Å². The summed E-state index contributed by atoms with van der Waals surface area (Å²) in [6, 6.07) is -1.03. The van der Waals surface area contributed by atoms with Crippen molar-refractivity contribution in [2.75, 3.05) is 27.2 Å². The lowest BCUT2D eigenvalue weighted by Gasteiger charge is -2.24. The smallest absolute Gasteiger partial charge is 0.329 e. The second-order valence-electron chi connectivity index (χ2n) is 6.82. The highest BCUT2D eigenvalue weighted by Gasteiger charge is 2.27. The molecular weight excluding hydrogens is 328 g/mol. The lowest BCUT2D eigenvalue weighted by Crippen LogP contribution is -2.48. The number of esters is 1. The van der Waals surface area contributed by atoms with Gasteiger partial charge < -0.3 is 25.7 Å². The Kier molecular flexibility index (Phi) is 9.58. The molecule has 25 heavy (non-hydrogen) atoms. The van der Waals surface area contributed by atoms with Gasteiger partial charge in [0, 0.05) is 6.42 Å². The predicted octanol–water partition coefficient (Wildman–Crippen LogP) is -0.510. The van der Waals surface area contributed by atoms with E-state index in [2.05, 4.69) is 10.6 Å². The first-order valence-electron chi connectivity index (χ1n) is 7.91. The number of ketones is 1. The standard InChI is InChI=1S/C16H28N4O5/c1-16(2,3)25-15(24)12(7-6-11(21)8-17)19-13(22)9-18-14(23)10-20(4)5/h8,12,17H,6-7,9-10H2,1-5H3,(H,18,23)(H,19,22)/t12-/m0/s1. The number of likely N-dealkylation sites (N-methyl/N-ethyl adjacent to an activating group) is 1. The van der Waals surface area contributed by atoms with E-state index in [1.165, 1.54) is 0 Å². The van der Waals surface area contributed by atoms with E-state index >= 15 is 0 Å². The summed E-state index contributed by atoms with van der Waals surface area (Å²) in [6.45, 7) is 4.91. The van der Waals surface area contributed by atoms with Crippen molar-refractivity contribution in [3.63, 3.8) is 0 Å². The van der Waals surface area contributed by atoms with Crippen LogP contribution >= 0.6 is 0 Å². The summed E-state index contributed by atoms with van der Waals surface area (Å²) in [4.78, 5) is 48.6. The quantitative estimate of drug-likeness (QED) is 0.357. The normalized spacial score (nSPS) is 12.2. The monoisotopic (exact) mass is 356 g/mol. The Hall–Kier alpha value is -2.29. The summed E-state index contributed by atoms with van der Waals surface area (Å²) >= 11 is 0. The maximum Gasteiger partial charge on any atom is 0.329 e. The molecule has 0 saturated heterocycles. The molecule has 0 saturated carbocycles. The van der Waals surface area contributed by atoms with E-state index in [0.717, 1.165) is 0 Å². The average Bonchev–Trinajstić information content (AvgIpc) is 2.46. The summed E-state index contributed by atoms with van der Waals surface area (Å²) in [5.41, 5.74) is -0.744. The van der Waals surface area contributed by atoms with Crippen molar-refractivity contribution in [3.8, 4) is 0 Å². The fourth-order valence-electron chi connectivity index (χ4n) is 1.75. The maximum absolute atomic E-state index is 12.2. The molecule has 0 aromatic heterocycles. The number of nitrogens with zero attached hydrogens (tertiary/aromatic N) is 1. The maximum atomic E-state index is 12.2. The number of carbonyl (C=O) groups excluding carboxylic acids is 4. The zero-order chi connectivity index (χ0) is 19.6. The second-order valence-corrected chi connectivity index (χ2v) is 6.82. The molecule has 0 bridgehead atoms. The van der Waals surface area contributed by atoms with E-state index in [9.17, 15) is 19.2 Å². The SMILES string of the molecule is CN(C)CC(=O)NCC(=O)N[C@@H](CCC(=O)C=N)C(=O)OC(C)(C)C. The summed E-state index contributed by atoms with van der Waals surface area (Å²) < 4.78 is 5.23. The molecule has 0 aromatic carbocycles. The van der Waals surface area contributed by atoms with Crippen molar-refractivity contribution in [2.24, 2.45) is 0 Å². The number of nitrogens with one attached hydrogen (secondary N) is 3. The van der Waals surface area contributed by atoms with Crippen LogP contribution in [0.5, 0.6) is 0 Å². The lowest BCUT2D eigenvalue weighted by atomic mass is 10.1. The van der Waals surface area contributed by atoms with Gasteiger partial charge in [0.15, 0.2) is 5.78 Å². The Labute approximate surface area is 148 Å². The number of hydrogen-bond donors (Lipinski definition) is 3. The van der Waals surface area contributed by atoms with Crippen LogP contribution in [-0.4, -0.2) is 73.5 Å². The van der Waals surface area contributed by atoms with E-state index in [-0.39, 0.29) is 31.8 Å². The van der Waals surface area contributed by atoms with Crippen LogP contribution in [0.2, 0.25) is 0 Å². The largest absolute Gasteiger partial charge is 0.458 e. The second kappa shape index (κ2) is 10.5. The number of Topliss-reactive ketones (excluding diaryl/α,β-unsaturated/α-hetero) is 1. The molecule has 0 unspecified atom stereocenters. The van der Waals surface area contributed by atoms with Gasteiger partial charge in [-0.2, -0.15) is 0 Å². The van der Waals surface area contributed by atoms with Gasteiger partial charge in [0.05, 0.1) is 19.3 Å². The number of rotatable bonds is 10. The Balaban J connectivity index is 4.71. The van der Waals surface area contributed by atoms with Crippen molar-refractivity contribution in [3.05, 3.63) is 0 Å². The molecule has 0 spiro atoms. The van der Waals surface area contributed by atoms with E-state index in [1.54, 1.807) is 39.8 Å². The van der Waals surface area contributed by atoms with E-state index in [4.69, 9.17) is 10.1 Å². The Bertz CT molecular complexity index is 511. The Morgan fingerprint density at radius 1 is 1.16 bits per heavy atom. The van der Waals surface area contributed by atoms with Crippen molar-refractivity contribution >= 4 is 29.8 Å². The third kappa shape index (κ3) is 11.8. The topological polar surface area (TPSA) is 129 Å². The van der Waals surface area contributed by atoms with Crippen LogP contribution in [0.3, 0.4) is 0 Å². The Morgan fingerprint density at radius 3 is 2.24 bits per heavy atom. The average molecular weight is 356 g/mol. The van der Waals surface area contributed by atoms with Crippen molar-refractivity contribution in [1.29, 1.82) is 5.41 Å². The molecule has 0 heterocycles. The molecule has 9 nitrogen and oxygen atoms in total. The highest BCUT2D eigenvalue weighted by Crippen LogP contribution is 2.11. The van der Waals surface area contributed by atoms with Crippen LogP contribution in [0.15, 0.2) is 0 Å². The van der Waals surface area contributed by atoms with Gasteiger partial charge in [-0.05, 0) is 41.3 Å². The van der Waals surface area contributed by atoms with Crippen LogP contribution < -0.4 is 10.6 Å². The molecule has 0 radical (unpaired) electrons. The lowest BCUT2D eigenvalue weighted by molar-refractivity contribution is -0.158. The van der Waals surface area contributed by atoms with Crippen LogP contribution in [0.25, 0.3) is 0 Å². The van der Waals surface area contributed by atoms with Crippen molar-refractivity contribution < 1.29 is 23.9 Å². The fourth-order valence-corrected chi connectivity index (χ4v) is 1.75. The minimum atomic E-state index is -1.03. The number of carbonyl (C=O) groups is 4. The first kappa shape index (κ1) is 22.7.